The molecular weight excluding hydrogens is 464 g/mol. The Morgan fingerprint density at radius 3 is 2.75 bits per heavy atom. The Morgan fingerprint density at radius 1 is 1.14 bits per heavy atom. The van der Waals surface area contributed by atoms with Gasteiger partial charge in [-0.05, 0) is 18.6 Å². The molecule has 0 saturated carbocycles. The minimum atomic E-state index is -0.475. The topological polar surface area (TPSA) is 135 Å². The molecule has 2 aliphatic rings. The number of carbonyl (C=O) groups excluding carboxylic acids is 1. The van der Waals surface area contributed by atoms with Gasteiger partial charge in [-0.3, -0.25) is 9.48 Å². The van der Waals surface area contributed by atoms with Crippen molar-refractivity contribution in [2.45, 2.75) is 12.5 Å². The summed E-state index contributed by atoms with van der Waals surface area (Å²) in [6, 6.07) is 7.54. The number of ether oxygens (including phenoxy) is 1. The van der Waals surface area contributed by atoms with Crippen LogP contribution >= 0.6 is 0 Å². The first-order valence-corrected chi connectivity index (χ1v) is 11.9. The number of morpholine rings is 1. The van der Waals surface area contributed by atoms with Gasteiger partial charge in [-0.1, -0.05) is 6.07 Å². The molecule has 6 heterocycles. The first-order valence-electron chi connectivity index (χ1n) is 11.9. The molecule has 0 radical (unpaired) electrons. The van der Waals surface area contributed by atoms with Crippen molar-refractivity contribution >= 4 is 34.8 Å². The molecule has 0 aromatic carbocycles. The molecule has 2 saturated heterocycles. The third-order valence-electron chi connectivity index (χ3n) is 6.33. The summed E-state index contributed by atoms with van der Waals surface area (Å²) in [6.45, 7) is 3.52. The fraction of sp³-hybridized carbons (Fsp3) is 0.375. The van der Waals surface area contributed by atoms with Crippen LogP contribution in [0.2, 0.25) is 0 Å². The lowest BCUT2D eigenvalue weighted by molar-refractivity contribution is 0.102. The van der Waals surface area contributed by atoms with Crippen molar-refractivity contribution in [3.8, 4) is 11.3 Å². The van der Waals surface area contributed by atoms with Crippen LogP contribution in [0.3, 0.4) is 0 Å². The number of aliphatic hydroxyl groups is 1. The van der Waals surface area contributed by atoms with Crippen molar-refractivity contribution < 1.29 is 19.1 Å². The van der Waals surface area contributed by atoms with Gasteiger partial charge >= 0.3 is 0 Å². The zero-order valence-electron chi connectivity index (χ0n) is 19.8. The van der Waals surface area contributed by atoms with Gasteiger partial charge in [0.05, 0.1) is 36.8 Å². The number of nitrogens with one attached hydrogen (secondary N) is 1. The first-order chi connectivity index (χ1) is 17.5. The largest absolute Gasteiger partial charge is 0.422 e. The maximum absolute atomic E-state index is 13.5. The molecule has 0 bridgehead atoms. The third-order valence-corrected chi connectivity index (χ3v) is 6.33. The highest BCUT2D eigenvalue weighted by atomic mass is 16.5. The summed E-state index contributed by atoms with van der Waals surface area (Å²) in [5.74, 6) is 0.489. The molecule has 2 fully saturated rings. The number of carbonyl (C=O) groups is 1. The molecule has 0 spiro atoms. The summed E-state index contributed by atoms with van der Waals surface area (Å²) in [6.07, 6.45) is 3.71. The van der Waals surface area contributed by atoms with Gasteiger partial charge < -0.3 is 29.4 Å². The highest BCUT2D eigenvalue weighted by Crippen LogP contribution is 2.30. The fourth-order valence-electron chi connectivity index (χ4n) is 4.48. The van der Waals surface area contributed by atoms with E-state index in [1.165, 1.54) is 0 Å². The summed E-state index contributed by atoms with van der Waals surface area (Å²) in [5, 5.41) is 17.2. The molecule has 6 rings (SSSR count). The molecular formula is C24H26N8O4. The van der Waals surface area contributed by atoms with Crippen LogP contribution in [0.15, 0.2) is 41.1 Å². The van der Waals surface area contributed by atoms with E-state index in [-0.39, 0.29) is 5.91 Å². The van der Waals surface area contributed by atoms with E-state index >= 15 is 0 Å². The van der Waals surface area contributed by atoms with Crippen LogP contribution in [-0.4, -0.2) is 81.2 Å². The van der Waals surface area contributed by atoms with E-state index < -0.39 is 6.10 Å². The molecule has 2 aliphatic heterocycles. The van der Waals surface area contributed by atoms with Gasteiger partial charge in [-0.25, -0.2) is 9.97 Å². The van der Waals surface area contributed by atoms with Crippen LogP contribution in [0.4, 0.5) is 17.7 Å². The number of oxazole rings is 1. The van der Waals surface area contributed by atoms with Crippen LogP contribution in [-0.2, 0) is 11.8 Å². The van der Waals surface area contributed by atoms with Crippen molar-refractivity contribution in [2.75, 3.05) is 54.5 Å². The van der Waals surface area contributed by atoms with E-state index in [0.29, 0.717) is 86.0 Å². The number of hydrogen-bond acceptors (Lipinski definition) is 10. The zero-order valence-corrected chi connectivity index (χ0v) is 19.8. The maximum Gasteiger partial charge on any atom is 0.300 e. The first kappa shape index (κ1) is 22.4. The van der Waals surface area contributed by atoms with E-state index in [9.17, 15) is 9.90 Å². The van der Waals surface area contributed by atoms with E-state index in [1.54, 1.807) is 23.0 Å². The van der Waals surface area contributed by atoms with E-state index in [0.717, 1.165) is 5.56 Å². The van der Waals surface area contributed by atoms with Crippen molar-refractivity contribution in [3.05, 3.63) is 42.2 Å². The smallest absolute Gasteiger partial charge is 0.300 e. The number of anilines is 3. The number of rotatable bonds is 5. The van der Waals surface area contributed by atoms with Gasteiger partial charge in [-0.15, -0.1) is 0 Å². The third kappa shape index (κ3) is 4.36. The molecule has 1 amide bonds. The van der Waals surface area contributed by atoms with Gasteiger partial charge in [0.15, 0.2) is 5.58 Å². The van der Waals surface area contributed by atoms with Gasteiger partial charge in [0.2, 0.25) is 5.65 Å². The quantitative estimate of drug-likeness (QED) is 0.425. The number of aliphatic hydroxyl groups excluding tert-OH is 1. The monoisotopic (exact) mass is 490 g/mol. The Hall–Kier alpha value is -4.03. The molecule has 1 atom stereocenters. The molecule has 0 aliphatic carbocycles. The SMILES string of the molecule is Cn1cc(-c2cccc(NC(=O)c3cc4oc(N5CCOCC5)nc4nc3N3CC[C@@H](O)C3)n2)cn1. The number of aryl methyl sites for hydroxylation is 1. The number of aromatic nitrogens is 5. The summed E-state index contributed by atoms with van der Waals surface area (Å²) >= 11 is 0. The molecule has 0 unspecified atom stereocenters. The van der Waals surface area contributed by atoms with Crippen LogP contribution < -0.4 is 15.1 Å². The predicted octanol–water partition coefficient (Wildman–Crippen LogP) is 1.68. The number of amides is 1. The standard InChI is InChI=1S/C24H26N8O4/c1-30-13-15(12-25-30)18-3-2-4-20(26-18)27-23(34)17-11-19-21(28-22(17)32-6-5-16(33)14-32)29-24(36-19)31-7-9-35-10-8-31/h2-4,11-13,16,33H,5-10,14H2,1H3,(H,26,27,34)/t16-/m1/s1. The minimum absolute atomic E-state index is 0.329. The highest BCUT2D eigenvalue weighted by Gasteiger charge is 2.28. The normalized spacial score (nSPS) is 18.2. The van der Waals surface area contributed by atoms with Gasteiger partial charge in [-0.2, -0.15) is 10.1 Å². The molecule has 186 valence electrons. The van der Waals surface area contributed by atoms with Crippen LogP contribution in [0, 0.1) is 0 Å². The van der Waals surface area contributed by atoms with Crippen LogP contribution in [0.1, 0.15) is 16.8 Å². The van der Waals surface area contributed by atoms with E-state index in [4.69, 9.17) is 14.1 Å². The predicted molar refractivity (Wildman–Crippen MR) is 132 cm³/mol. The van der Waals surface area contributed by atoms with Crippen molar-refractivity contribution in [1.82, 2.24) is 24.7 Å². The van der Waals surface area contributed by atoms with Crippen molar-refractivity contribution in [3.63, 3.8) is 0 Å². The Labute approximate surface area is 206 Å². The number of fused-ring (bicyclic) bond motifs is 1. The lowest BCUT2D eigenvalue weighted by Gasteiger charge is -2.24. The Kier molecular flexibility index (Phi) is 5.74. The average Bonchev–Trinajstić information content (AvgIpc) is 3.63. The molecule has 4 aromatic heterocycles. The number of hydrogen-bond donors (Lipinski definition) is 2. The van der Waals surface area contributed by atoms with Gasteiger partial charge in [0.25, 0.3) is 11.9 Å². The Morgan fingerprint density at radius 2 is 2.00 bits per heavy atom. The summed E-state index contributed by atoms with van der Waals surface area (Å²) in [4.78, 5) is 31.2. The summed E-state index contributed by atoms with van der Waals surface area (Å²) in [7, 11) is 1.84. The Balaban J connectivity index is 1.34. The number of pyridine rings is 2. The number of nitrogens with zero attached hydrogens (tertiary/aromatic N) is 7. The van der Waals surface area contributed by atoms with E-state index in [1.807, 2.05) is 35.2 Å². The summed E-state index contributed by atoms with van der Waals surface area (Å²) in [5.41, 5.74) is 2.71. The molecule has 12 nitrogen and oxygen atoms in total. The van der Waals surface area contributed by atoms with Crippen LogP contribution in [0.25, 0.3) is 22.5 Å². The minimum Gasteiger partial charge on any atom is -0.422 e. The van der Waals surface area contributed by atoms with Gasteiger partial charge in [0, 0.05) is 51.1 Å². The molecule has 2 N–H and O–H groups in total. The lowest BCUT2D eigenvalue weighted by Crippen LogP contribution is -2.36. The van der Waals surface area contributed by atoms with E-state index in [2.05, 4.69) is 20.4 Å². The second-order valence-electron chi connectivity index (χ2n) is 8.93. The summed E-state index contributed by atoms with van der Waals surface area (Å²) < 4.78 is 13.1. The Bertz CT molecular complexity index is 1410. The highest BCUT2D eigenvalue weighted by molar-refractivity contribution is 6.08. The number of β-amino-alcohol motifs (C(OH)–C–C–N with tert-alkyl or cyclic N) is 1. The van der Waals surface area contributed by atoms with Crippen molar-refractivity contribution in [1.29, 1.82) is 0 Å². The zero-order chi connectivity index (χ0) is 24.6. The second kappa shape index (κ2) is 9.21. The molecule has 36 heavy (non-hydrogen) atoms. The average molecular weight is 491 g/mol. The fourth-order valence-corrected chi connectivity index (χ4v) is 4.48. The maximum atomic E-state index is 13.5. The molecule has 4 aromatic rings. The lowest BCUT2D eigenvalue weighted by atomic mass is 10.2. The molecule has 12 heteroatoms. The van der Waals surface area contributed by atoms with Crippen LogP contribution in [0.5, 0.6) is 0 Å². The second-order valence-corrected chi connectivity index (χ2v) is 8.93. The van der Waals surface area contributed by atoms with Gasteiger partial charge in [0.1, 0.15) is 11.6 Å². The van der Waals surface area contributed by atoms with Crippen molar-refractivity contribution in [2.24, 2.45) is 7.05 Å².